The summed E-state index contributed by atoms with van der Waals surface area (Å²) in [6, 6.07) is 9.53. The van der Waals surface area contributed by atoms with Gasteiger partial charge in [-0.25, -0.2) is 13.2 Å². The summed E-state index contributed by atoms with van der Waals surface area (Å²) in [6.45, 7) is 11.1. The van der Waals surface area contributed by atoms with Crippen molar-refractivity contribution in [3.63, 3.8) is 0 Å². The predicted octanol–water partition coefficient (Wildman–Crippen LogP) is 6.20. The van der Waals surface area contributed by atoms with Crippen LogP contribution >= 0.6 is 0 Å². The van der Waals surface area contributed by atoms with Crippen LogP contribution in [0.15, 0.2) is 30.3 Å². The van der Waals surface area contributed by atoms with Gasteiger partial charge in [0.1, 0.15) is 17.5 Å². The highest BCUT2D eigenvalue weighted by Gasteiger charge is 2.05. The van der Waals surface area contributed by atoms with Gasteiger partial charge < -0.3 is 0 Å². The number of hydrogen-bond donors (Lipinski definition) is 0. The zero-order valence-corrected chi connectivity index (χ0v) is 15.4. The summed E-state index contributed by atoms with van der Waals surface area (Å²) in [5.74, 6) is -1.69. The van der Waals surface area contributed by atoms with Crippen LogP contribution in [-0.4, -0.2) is 0 Å². The first-order chi connectivity index (χ1) is 11.9. The maximum absolute atomic E-state index is 12.6. The molecule has 0 fully saturated rings. The van der Waals surface area contributed by atoms with Crippen LogP contribution in [0.3, 0.4) is 0 Å². The summed E-state index contributed by atoms with van der Waals surface area (Å²) < 4.78 is 37.4. The number of halogens is 3. The molecule has 2 aromatic rings. The van der Waals surface area contributed by atoms with Crippen LogP contribution < -0.4 is 0 Å². The van der Waals surface area contributed by atoms with Crippen LogP contribution in [0.4, 0.5) is 13.2 Å². The Labute approximate surface area is 148 Å². The summed E-state index contributed by atoms with van der Waals surface area (Å²) in [5.41, 5.74) is 1.44. The van der Waals surface area contributed by atoms with E-state index in [4.69, 9.17) is 10.5 Å². The second-order valence-corrected chi connectivity index (χ2v) is 4.24. The Morgan fingerprint density at radius 1 is 0.720 bits per heavy atom. The van der Waals surface area contributed by atoms with Crippen LogP contribution in [0.1, 0.15) is 49.9 Å². The van der Waals surface area contributed by atoms with E-state index in [9.17, 15) is 13.2 Å². The zero-order chi connectivity index (χ0) is 20.0. The lowest BCUT2D eigenvalue weighted by atomic mass is 10.1. The molecule has 25 heavy (non-hydrogen) atoms. The molecule has 0 saturated heterocycles. The fourth-order valence-electron chi connectivity index (χ4n) is 1.51. The Morgan fingerprint density at radius 2 is 1.24 bits per heavy atom. The monoisotopic (exact) mass is 348 g/mol. The Kier molecular flexibility index (Phi) is 13.3. The molecule has 134 valence electrons. The summed E-state index contributed by atoms with van der Waals surface area (Å²) in [4.78, 5) is 0. The van der Waals surface area contributed by atoms with Crippen molar-refractivity contribution < 1.29 is 13.2 Å². The lowest BCUT2D eigenvalue weighted by molar-refractivity contribution is 0.576. The smallest absolute Gasteiger partial charge is 0.130 e. The minimum atomic E-state index is -0.718. The lowest BCUT2D eigenvalue weighted by Gasteiger charge is -1.97. The Hall–Kier alpha value is -2.79. The summed E-state index contributed by atoms with van der Waals surface area (Å²) in [7, 11) is 0. The van der Waals surface area contributed by atoms with E-state index in [0.717, 1.165) is 12.1 Å². The fraction of sp³-hybridized carbons (Fsp3) is 0.300. The van der Waals surface area contributed by atoms with Crippen molar-refractivity contribution >= 4 is 0 Å². The Morgan fingerprint density at radius 3 is 1.68 bits per heavy atom. The summed E-state index contributed by atoms with van der Waals surface area (Å²) >= 11 is 0. The number of aryl methyl sites for hydroxylation is 1. The average Bonchev–Trinajstić information content (AvgIpc) is 2.62. The first-order valence-electron chi connectivity index (χ1n) is 7.91. The third-order valence-electron chi connectivity index (χ3n) is 2.74. The van der Waals surface area contributed by atoms with E-state index in [-0.39, 0.29) is 16.9 Å². The Bertz CT molecular complexity index is 742. The van der Waals surface area contributed by atoms with Gasteiger partial charge in [-0.1, -0.05) is 27.7 Å². The van der Waals surface area contributed by atoms with Crippen molar-refractivity contribution in [2.45, 2.75) is 41.5 Å². The molecule has 0 spiro atoms. The standard InChI is InChI=1S/C8H5F2N.C8H6FN.2C2H6/c1-5-6(4-11)2-7(9)3-8(5)10;1-6-4-8(9)3-2-7(6)5-10;2*1-2/h2-3H,1H3;2-4H,1H3;2*1-2H3. The van der Waals surface area contributed by atoms with E-state index in [2.05, 4.69) is 0 Å². The second kappa shape index (κ2) is 13.6. The molecule has 0 atom stereocenters. The van der Waals surface area contributed by atoms with E-state index >= 15 is 0 Å². The van der Waals surface area contributed by atoms with Gasteiger partial charge in [-0.2, -0.15) is 10.5 Å². The van der Waals surface area contributed by atoms with Crippen LogP contribution in [0.5, 0.6) is 0 Å². The number of benzene rings is 2. The van der Waals surface area contributed by atoms with Gasteiger partial charge in [-0.05, 0) is 43.7 Å². The molecule has 2 aromatic carbocycles. The SMILES string of the molecule is CC.CC.Cc1c(F)cc(F)cc1C#N.Cc1cc(F)ccc1C#N. The maximum Gasteiger partial charge on any atom is 0.130 e. The van der Waals surface area contributed by atoms with Crippen molar-refractivity contribution in [3.8, 4) is 12.1 Å². The molecule has 0 aliphatic heterocycles. The molecular formula is C20H23F3N2. The van der Waals surface area contributed by atoms with E-state index in [1.165, 1.54) is 25.1 Å². The van der Waals surface area contributed by atoms with Crippen LogP contribution in [0.25, 0.3) is 0 Å². The van der Waals surface area contributed by atoms with Crippen molar-refractivity contribution in [1.29, 1.82) is 10.5 Å². The minimum absolute atomic E-state index is 0.0440. The van der Waals surface area contributed by atoms with E-state index < -0.39 is 11.6 Å². The highest BCUT2D eigenvalue weighted by molar-refractivity contribution is 5.38. The van der Waals surface area contributed by atoms with Crippen molar-refractivity contribution in [2.24, 2.45) is 0 Å². The fourth-order valence-corrected chi connectivity index (χ4v) is 1.51. The molecule has 0 unspecified atom stereocenters. The third kappa shape index (κ3) is 8.58. The molecule has 0 radical (unpaired) electrons. The molecule has 0 bridgehead atoms. The number of hydrogen-bond acceptors (Lipinski definition) is 2. The molecule has 0 N–H and O–H groups in total. The van der Waals surface area contributed by atoms with E-state index in [1.54, 1.807) is 13.0 Å². The van der Waals surface area contributed by atoms with Crippen molar-refractivity contribution in [3.05, 3.63) is 70.0 Å². The normalized spacial score (nSPS) is 8.12. The molecule has 0 saturated carbocycles. The number of rotatable bonds is 0. The second-order valence-electron chi connectivity index (χ2n) is 4.24. The van der Waals surface area contributed by atoms with Gasteiger partial charge in [0.15, 0.2) is 0 Å². The predicted molar refractivity (Wildman–Crippen MR) is 94.4 cm³/mol. The van der Waals surface area contributed by atoms with Gasteiger partial charge in [0.25, 0.3) is 0 Å². The lowest BCUT2D eigenvalue weighted by Crippen LogP contribution is -1.89. The van der Waals surface area contributed by atoms with Gasteiger partial charge in [0, 0.05) is 11.6 Å². The first-order valence-corrected chi connectivity index (χ1v) is 7.91. The van der Waals surface area contributed by atoms with Gasteiger partial charge in [0.05, 0.1) is 23.3 Å². The topological polar surface area (TPSA) is 47.6 Å². The number of nitrogens with zero attached hydrogens (tertiary/aromatic N) is 2. The molecule has 5 heteroatoms. The van der Waals surface area contributed by atoms with Gasteiger partial charge in [0.2, 0.25) is 0 Å². The Balaban J connectivity index is 0. The van der Waals surface area contributed by atoms with Crippen molar-refractivity contribution in [2.75, 3.05) is 0 Å². The molecule has 0 heterocycles. The van der Waals surface area contributed by atoms with E-state index in [0.29, 0.717) is 11.1 Å². The van der Waals surface area contributed by atoms with Gasteiger partial charge in [-0.3, -0.25) is 0 Å². The quantitative estimate of drug-likeness (QED) is 0.569. The average molecular weight is 348 g/mol. The molecule has 2 rings (SSSR count). The number of nitriles is 2. The summed E-state index contributed by atoms with van der Waals surface area (Å²) in [6.07, 6.45) is 0. The summed E-state index contributed by atoms with van der Waals surface area (Å²) in [5, 5.41) is 16.8. The van der Waals surface area contributed by atoms with Crippen molar-refractivity contribution in [1.82, 2.24) is 0 Å². The van der Waals surface area contributed by atoms with Gasteiger partial charge >= 0.3 is 0 Å². The molecule has 0 aliphatic rings. The van der Waals surface area contributed by atoms with Crippen LogP contribution in [0, 0.1) is 54.0 Å². The first kappa shape index (κ1) is 24.5. The molecular weight excluding hydrogens is 325 g/mol. The van der Waals surface area contributed by atoms with Crippen LogP contribution in [0.2, 0.25) is 0 Å². The zero-order valence-electron chi connectivity index (χ0n) is 15.4. The third-order valence-corrected chi connectivity index (χ3v) is 2.74. The molecule has 0 aliphatic carbocycles. The molecule has 0 aromatic heterocycles. The largest absolute Gasteiger partial charge is 0.207 e. The van der Waals surface area contributed by atoms with E-state index in [1.807, 2.05) is 33.8 Å². The highest BCUT2D eigenvalue weighted by Crippen LogP contribution is 2.13. The minimum Gasteiger partial charge on any atom is -0.207 e. The van der Waals surface area contributed by atoms with Gasteiger partial charge in [-0.15, -0.1) is 0 Å². The maximum atomic E-state index is 12.6. The molecule has 0 amide bonds. The molecule has 2 nitrogen and oxygen atoms in total. The van der Waals surface area contributed by atoms with Crippen LogP contribution in [-0.2, 0) is 0 Å². The highest BCUT2D eigenvalue weighted by atomic mass is 19.1.